The first-order chi connectivity index (χ1) is 11.0. The zero-order chi connectivity index (χ0) is 16.4. The summed E-state index contributed by atoms with van der Waals surface area (Å²) in [4.78, 5) is 14.9. The number of para-hydroxylation sites is 1. The number of amides is 1. The van der Waals surface area contributed by atoms with E-state index in [-0.39, 0.29) is 11.8 Å². The number of hydrogen-bond acceptors (Lipinski definition) is 3. The first-order valence-electron chi connectivity index (χ1n) is 8.31. The van der Waals surface area contributed by atoms with Crippen LogP contribution in [0.1, 0.15) is 31.2 Å². The molecule has 2 heterocycles. The third kappa shape index (κ3) is 3.58. The van der Waals surface area contributed by atoms with Gasteiger partial charge >= 0.3 is 0 Å². The van der Waals surface area contributed by atoms with Gasteiger partial charge in [-0.05, 0) is 43.7 Å². The molecule has 2 aliphatic heterocycles. The Kier molecular flexibility index (Phi) is 4.73. The Labute approximate surface area is 138 Å². The van der Waals surface area contributed by atoms with Crippen molar-refractivity contribution in [2.75, 3.05) is 30.8 Å². The zero-order valence-corrected chi connectivity index (χ0v) is 14.4. The van der Waals surface area contributed by atoms with Gasteiger partial charge in [-0.25, -0.2) is 12.7 Å². The molecule has 3 rings (SSSR count). The molecule has 0 aromatic heterocycles. The minimum Gasteiger partial charge on any atom is -0.312 e. The number of sulfonamides is 1. The first kappa shape index (κ1) is 16.5. The normalized spacial score (nSPS) is 23.2. The van der Waals surface area contributed by atoms with Crippen LogP contribution in [-0.4, -0.2) is 44.5 Å². The van der Waals surface area contributed by atoms with Gasteiger partial charge in [0.15, 0.2) is 0 Å². The number of benzene rings is 1. The lowest BCUT2D eigenvalue weighted by Crippen LogP contribution is -2.46. The third-order valence-corrected chi connectivity index (χ3v) is 6.10. The van der Waals surface area contributed by atoms with Crippen LogP contribution in [0.4, 0.5) is 5.69 Å². The molecule has 6 heteroatoms. The Bertz CT molecular complexity index is 687. The maximum atomic E-state index is 13.0. The predicted octanol–water partition coefficient (Wildman–Crippen LogP) is 2.03. The quantitative estimate of drug-likeness (QED) is 0.830. The number of nitrogens with zero attached hydrogens (tertiary/aromatic N) is 2. The van der Waals surface area contributed by atoms with Crippen molar-refractivity contribution >= 4 is 21.6 Å². The summed E-state index contributed by atoms with van der Waals surface area (Å²) in [6.45, 7) is 1.57. The molecule has 0 bridgehead atoms. The summed E-state index contributed by atoms with van der Waals surface area (Å²) < 4.78 is 25.0. The van der Waals surface area contributed by atoms with Gasteiger partial charge in [-0.3, -0.25) is 4.79 Å². The molecule has 126 valence electrons. The zero-order valence-electron chi connectivity index (χ0n) is 13.6. The van der Waals surface area contributed by atoms with Gasteiger partial charge in [0.1, 0.15) is 0 Å². The van der Waals surface area contributed by atoms with E-state index < -0.39 is 10.0 Å². The monoisotopic (exact) mass is 336 g/mol. The molecular weight excluding hydrogens is 312 g/mol. The molecule has 0 aliphatic carbocycles. The van der Waals surface area contributed by atoms with Crippen molar-refractivity contribution in [2.45, 2.75) is 32.1 Å². The van der Waals surface area contributed by atoms with Gasteiger partial charge in [-0.1, -0.05) is 18.2 Å². The van der Waals surface area contributed by atoms with Crippen molar-refractivity contribution in [1.29, 1.82) is 0 Å². The Morgan fingerprint density at radius 3 is 2.70 bits per heavy atom. The number of carbonyl (C=O) groups is 1. The van der Waals surface area contributed by atoms with Crippen molar-refractivity contribution in [3.05, 3.63) is 29.8 Å². The van der Waals surface area contributed by atoms with E-state index in [1.807, 2.05) is 23.1 Å². The minimum absolute atomic E-state index is 0.0766. The van der Waals surface area contributed by atoms with Crippen LogP contribution >= 0.6 is 0 Å². The molecule has 23 heavy (non-hydrogen) atoms. The van der Waals surface area contributed by atoms with Gasteiger partial charge in [-0.15, -0.1) is 0 Å². The molecule has 0 spiro atoms. The van der Waals surface area contributed by atoms with E-state index in [4.69, 9.17) is 0 Å². The average molecular weight is 336 g/mol. The summed E-state index contributed by atoms with van der Waals surface area (Å²) in [7, 11) is -3.23. The second-order valence-electron chi connectivity index (χ2n) is 6.54. The second-order valence-corrected chi connectivity index (χ2v) is 8.52. The van der Waals surface area contributed by atoms with Crippen LogP contribution in [0.2, 0.25) is 0 Å². The number of carbonyl (C=O) groups excluding carboxylic acids is 1. The highest BCUT2D eigenvalue weighted by Crippen LogP contribution is 2.29. The summed E-state index contributed by atoms with van der Waals surface area (Å²) in [5, 5.41) is 0. The lowest BCUT2D eigenvalue weighted by molar-refractivity contribution is -0.123. The Balaban J connectivity index is 1.82. The van der Waals surface area contributed by atoms with Crippen LogP contribution < -0.4 is 4.90 Å². The lowest BCUT2D eigenvalue weighted by Gasteiger charge is -2.34. The van der Waals surface area contributed by atoms with Gasteiger partial charge in [-0.2, -0.15) is 0 Å². The highest BCUT2D eigenvalue weighted by molar-refractivity contribution is 7.88. The fourth-order valence-electron chi connectivity index (χ4n) is 3.59. The molecule has 1 amide bonds. The lowest BCUT2D eigenvalue weighted by atomic mass is 9.97. The molecule has 1 unspecified atom stereocenters. The molecule has 0 radical (unpaired) electrons. The Morgan fingerprint density at radius 1 is 1.13 bits per heavy atom. The third-order valence-electron chi connectivity index (χ3n) is 4.83. The number of aryl methyl sites for hydroxylation is 1. The van der Waals surface area contributed by atoms with E-state index in [0.29, 0.717) is 13.1 Å². The summed E-state index contributed by atoms with van der Waals surface area (Å²) in [6, 6.07) is 8.08. The van der Waals surface area contributed by atoms with Crippen LogP contribution in [0, 0.1) is 5.92 Å². The highest BCUT2D eigenvalue weighted by Gasteiger charge is 2.33. The maximum absolute atomic E-state index is 13.0. The molecule has 1 aromatic carbocycles. The topological polar surface area (TPSA) is 57.7 Å². The van der Waals surface area contributed by atoms with Crippen molar-refractivity contribution in [3.8, 4) is 0 Å². The standard InChI is InChI=1S/C17H24N2O3S/c1-23(21,22)18-11-6-9-15(13-18)17(20)19-12-5-4-8-14-7-2-3-10-16(14)19/h2-3,7,10,15H,4-6,8-9,11-13H2,1H3. The Hall–Kier alpha value is -1.40. The molecule has 1 aromatic rings. The van der Waals surface area contributed by atoms with E-state index in [0.717, 1.165) is 44.3 Å². The van der Waals surface area contributed by atoms with Crippen LogP contribution in [-0.2, 0) is 21.2 Å². The summed E-state index contributed by atoms with van der Waals surface area (Å²) >= 11 is 0. The summed E-state index contributed by atoms with van der Waals surface area (Å²) in [5.41, 5.74) is 2.22. The number of fused-ring (bicyclic) bond motifs is 1. The smallest absolute Gasteiger partial charge is 0.231 e. The molecule has 1 fully saturated rings. The SMILES string of the molecule is CS(=O)(=O)N1CCCC(C(=O)N2CCCCc3ccccc32)C1. The Morgan fingerprint density at radius 2 is 1.91 bits per heavy atom. The van der Waals surface area contributed by atoms with Gasteiger partial charge < -0.3 is 4.90 Å². The largest absolute Gasteiger partial charge is 0.312 e. The summed E-state index contributed by atoms with van der Waals surface area (Å²) in [6.07, 6.45) is 5.81. The van der Waals surface area contributed by atoms with E-state index >= 15 is 0 Å². The predicted molar refractivity (Wildman–Crippen MR) is 90.9 cm³/mol. The van der Waals surface area contributed by atoms with Crippen LogP contribution in [0.5, 0.6) is 0 Å². The van der Waals surface area contributed by atoms with E-state index in [1.165, 1.54) is 16.1 Å². The van der Waals surface area contributed by atoms with Crippen molar-refractivity contribution in [1.82, 2.24) is 4.31 Å². The molecule has 1 saturated heterocycles. The number of piperidine rings is 1. The van der Waals surface area contributed by atoms with Crippen LogP contribution in [0.3, 0.4) is 0 Å². The number of hydrogen-bond donors (Lipinski definition) is 0. The van der Waals surface area contributed by atoms with Gasteiger partial charge in [0, 0.05) is 25.3 Å². The van der Waals surface area contributed by atoms with Crippen LogP contribution in [0.25, 0.3) is 0 Å². The fraction of sp³-hybridized carbons (Fsp3) is 0.588. The minimum atomic E-state index is -3.23. The van der Waals surface area contributed by atoms with E-state index in [9.17, 15) is 13.2 Å². The second kappa shape index (κ2) is 6.61. The molecule has 1 atom stereocenters. The summed E-state index contributed by atoms with van der Waals surface area (Å²) in [5.74, 6) is -0.155. The number of rotatable bonds is 2. The van der Waals surface area contributed by atoms with Crippen LogP contribution in [0.15, 0.2) is 24.3 Å². The van der Waals surface area contributed by atoms with Gasteiger partial charge in [0.2, 0.25) is 15.9 Å². The van der Waals surface area contributed by atoms with Crippen molar-refractivity contribution < 1.29 is 13.2 Å². The highest BCUT2D eigenvalue weighted by atomic mass is 32.2. The maximum Gasteiger partial charge on any atom is 0.231 e. The average Bonchev–Trinajstić information content (AvgIpc) is 2.76. The number of anilines is 1. The molecular formula is C17H24N2O3S. The van der Waals surface area contributed by atoms with Crippen molar-refractivity contribution in [3.63, 3.8) is 0 Å². The fourth-order valence-corrected chi connectivity index (χ4v) is 4.50. The molecule has 5 nitrogen and oxygen atoms in total. The van der Waals surface area contributed by atoms with E-state index in [1.54, 1.807) is 0 Å². The molecule has 0 saturated carbocycles. The molecule has 2 aliphatic rings. The van der Waals surface area contributed by atoms with Crippen molar-refractivity contribution in [2.24, 2.45) is 5.92 Å². The van der Waals surface area contributed by atoms with E-state index in [2.05, 4.69) is 6.07 Å². The van der Waals surface area contributed by atoms with Gasteiger partial charge in [0.25, 0.3) is 0 Å². The van der Waals surface area contributed by atoms with Gasteiger partial charge in [0.05, 0.1) is 12.2 Å². The first-order valence-corrected chi connectivity index (χ1v) is 10.2. The molecule has 0 N–H and O–H groups in total.